The van der Waals surface area contributed by atoms with E-state index in [-0.39, 0.29) is 0 Å². The fourth-order valence-electron chi connectivity index (χ4n) is 7.97. The summed E-state index contributed by atoms with van der Waals surface area (Å²) < 4.78 is 7.16. The van der Waals surface area contributed by atoms with Gasteiger partial charge in [0.15, 0.2) is 5.58 Å². The van der Waals surface area contributed by atoms with E-state index < -0.39 is 0 Å². The molecule has 0 bridgehead atoms. The lowest BCUT2D eigenvalue weighted by atomic mass is 9.92. The van der Waals surface area contributed by atoms with Crippen LogP contribution in [0.4, 0.5) is 17.1 Å². The standard InChI is InChI=1S/C52H37NO/c1-4-13-36(14-5-1)40-25-29-45(30-26-40)53(46-31-27-41(28-32-46)37-15-6-2-7-16-37)50-35-44(38-17-8-3-9-18-38)34-49-48-22-12-21-47(51(48)54-52(49)50)43-24-23-39-19-10-11-20-42(39)33-43/h1-10,12-19,21-35H,11,20H2. The zero-order valence-corrected chi connectivity index (χ0v) is 29.8. The van der Waals surface area contributed by atoms with Crippen molar-refractivity contribution in [2.24, 2.45) is 0 Å². The fraction of sp³-hybridized carbons (Fsp3) is 0.0385. The SMILES string of the molecule is C1=Cc2ccc(-c3cccc4c3oc3c(N(c5ccc(-c6ccccc6)cc5)c5ccc(-c6ccccc6)cc5)cc(-c5ccccc5)cc34)cc2CC1. The Morgan fingerprint density at radius 3 is 1.57 bits per heavy atom. The van der Waals surface area contributed by atoms with Crippen LogP contribution >= 0.6 is 0 Å². The monoisotopic (exact) mass is 691 g/mol. The predicted molar refractivity (Wildman–Crippen MR) is 228 cm³/mol. The van der Waals surface area contributed by atoms with Gasteiger partial charge in [-0.05, 0) is 99.3 Å². The Kier molecular flexibility index (Phi) is 8.00. The van der Waals surface area contributed by atoms with Gasteiger partial charge in [-0.2, -0.15) is 0 Å². The molecular formula is C52H37NO. The maximum atomic E-state index is 7.16. The molecule has 0 atom stereocenters. The Balaban J connectivity index is 1.21. The number of rotatable bonds is 7. The Morgan fingerprint density at radius 1 is 0.407 bits per heavy atom. The van der Waals surface area contributed by atoms with E-state index in [1.807, 2.05) is 0 Å². The van der Waals surface area contributed by atoms with Crippen LogP contribution in [-0.4, -0.2) is 0 Å². The largest absolute Gasteiger partial charge is 0.453 e. The summed E-state index contributed by atoms with van der Waals surface area (Å²) >= 11 is 0. The maximum Gasteiger partial charge on any atom is 0.159 e. The van der Waals surface area contributed by atoms with Crippen molar-refractivity contribution in [2.45, 2.75) is 12.8 Å². The molecule has 2 nitrogen and oxygen atoms in total. The molecule has 256 valence electrons. The number of fused-ring (bicyclic) bond motifs is 4. The zero-order valence-electron chi connectivity index (χ0n) is 29.8. The summed E-state index contributed by atoms with van der Waals surface area (Å²) in [5.74, 6) is 0. The lowest BCUT2D eigenvalue weighted by Gasteiger charge is -2.26. The van der Waals surface area contributed by atoms with Crippen molar-refractivity contribution >= 4 is 45.1 Å². The average molecular weight is 692 g/mol. The number of nitrogens with zero attached hydrogens (tertiary/aromatic N) is 1. The zero-order chi connectivity index (χ0) is 35.8. The summed E-state index contributed by atoms with van der Waals surface area (Å²) in [7, 11) is 0. The molecule has 8 aromatic carbocycles. The van der Waals surface area contributed by atoms with Crippen molar-refractivity contribution in [3.63, 3.8) is 0 Å². The molecule has 9 aromatic rings. The molecule has 0 amide bonds. The summed E-state index contributed by atoms with van der Waals surface area (Å²) in [6, 6.07) is 67.6. The van der Waals surface area contributed by atoms with Gasteiger partial charge in [-0.3, -0.25) is 0 Å². The first-order valence-electron chi connectivity index (χ1n) is 18.7. The summed E-state index contributed by atoms with van der Waals surface area (Å²) in [6.07, 6.45) is 6.64. The molecule has 1 aliphatic rings. The topological polar surface area (TPSA) is 16.4 Å². The van der Waals surface area contributed by atoms with Crippen molar-refractivity contribution in [3.8, 4) is 44.5 Å². The van der Waals surface area contributed by atoms with Crippen LogP contribution in [-0.2, 0) is 6.42 Å². The van der Waals surface area contributed by atoms with Gasteiger partial charge < -0.3 is 9.32 Å². The molecule has 1 aromatic heterocycles. The molecule has 1 aliphatic carbocycles. The minimum Gasteiger partial charge on any atom is -0.453 e. The van der Waals surface area contributed by atoms with Gasteiger partial charge in [0.25, 0.3) is 0 Å². The Morgan fingerprint density at radius 2 is 0.963 bits per heavy atom. The maximum absolute atomic E-state index is 7.16. The van der Waals surface area contributed by atoms with Gasteiger partial charge in [0, 0.05) is 27.7 Å². The number of hydrogen-bond donors (Lipinski definition) is 0. The molecule has 0 N–H and O–H groups in total. The molecule has 0 aliphatic heterocycles. The molecule has 0 spiro atoms. The van der Waals surface area contributed by atoms with Crippen LogP contribution in [0, 0.1) is 0 Å². The van der Waals surface area contributed by atoms with Crippen LogP contribution in [0.2, 0.25) is 0 Å². The van der Waals surface area contributed by atoms with E-state index in [4.69, 9.17) is 4.42 Å². The highest BCUT2D eigenvalue weighted by molar-refractivity contribution is 6.15. The minimum absolute atomic E-state index is 0.859. The molecule has 0 radical (unpaired) electrons. The van der Waals surface area contributed by atoms with Gasteiger partial charge in [0.2, 0.25) is 0 Å². The highest BCUT2D eigenvalue weighted by Crippen LogP contribution is 2.47. The van der Waals surface area contributed by atoms with Crippen molar-refractivity contribution < 1.29 is 4.42 Å². The van der Waals surface area contributed by atoms with Gasteiger partial charge in [0.1, 0.15) is 5.58 Å². The van der Waals surface area contributed by atoms with Crippen molar-refractivity contribution in [2.75, 3.05) is 4.90 Å². The molecule has 1 heterocycles. The van der Waals surface area contributed by atoms with Crippen LogP contribution < -0.4 is 4.90 Å². The highest BCUT2D eigenvalue weighted by Gasteiger charge is 2.23. The van der Waals surface area contributed by atoms with E-state index in [0.717, 1.165) is 68.5 Å². The van der Waals surface area contributed by atoms with Crippen molar-refractivity contribution in [3.05, 3.63) is 205 Å². The number of aryl methyl sites for hydroxylation is 1. The molecule has 0 saturated heterocycles. The molecule has 0 saturated carbocycles. The first kappa shape index (κ1) is 31.8. The number of anilines is 3. The number of furan rings is 1. The van der Waals surface area contributed by atoms with E-state index in [2.05, 4.69) is 205 Å². The Hall–Kier alpha value is -6.90. The molecule has 0 unspecified atom stereocenters. The highest BCUT2D eigenvalue weighted by atomic mass is 16.3. The molecule has 0 fully saturated rings. The summed E-state index contributed by atoms with van der Waals surface area (Å²) in [6.45, 7) is 0. The van der Waals surface area contributed by atoms with E-state index >= 15 is 0 Å². The summed E-state index contributed by atoms with van der Waals surface area (Å²) in [5.41, 5.74) is 16.9. The van der Waals surface area contributed by atoms with Gasteiger partial charge >= 0.3 is 0 Å². The van der Waals surface area contributed by atoms with Crippen LogP contribution in [0.25, 0.3) is 72.5 Å². The number of benzene rings is 8. The van der Waals surface area contributed by atoms with Gasteiger partial charge in [-0.25, -0.2) is 0 Å². The van der Waals surface area contributed by atoms with Crippen LogP contribution in [0.15, 0.2) is 199 Å². The molecule has 54 heavy (non-hydrogen) atoms. The third-order valence-electron chi connectivity index (χ3n) is 10.7. The average Bonchev–Trinajstić information content (AvgIpc) is 3.64. The smallest absolute Gasteiger partial charge is 0.159 e. The van der Waals surface area contributed by atoms with Gasteiger partial charge in [0.05, 0.1) is 5.69 Å². The lowest BCUT2D eigenvalue weighted by Crippen LogP contribution is -2.10. The van der Waals surface area contributed by atoms with Crippen LogP contribution in [0.1, 0.15) is 17.5 Å². The predicted octanol–water partition coefficient (Wildman–Crippen LogP) is 14.7. The third-order valence-corrected chi connectivity index (χ3v) is 10.7. The lowest BCUT2D eigenvalue weighted by molar-refractivity contribution is 0.670. The third kappa shape index (κ3) is 5.79. The normalized spacial score (nSPS) is 12.2. The molecular weight excluding hydrogens is 655 g/mol. The van der Waals surface area contributed by atoms with E-state index in [1.54, 1.807) is 0 Å². The van der Waals surface area contributed by atoms with Crippen molar-refractivity contribution in [1.29, 1.82) is 0 Å². The van der Waals surface area contributed by atoms with Gasteiger partial charge in [-0.1, -0.05) is 164 Å². The fourth-order valence-corrected chi connectivity index (χ4v) is 7.97. The Labute approximate surface area is 315 Å². The van der Waals surface area contributed by atoms with E-state index in [1.165, 1.54) is 38.9 Å². The first-order valence-corrected chi connectivity index (χ1v) is 18.7. The van der Waals surface area contributed by atoms with Crippen molar-refractivity contribution in [1.82, 2.24) is 0 Å². The second-order valence-electron chi connectivity index (χ2n) is 14.0. The van der Waals surface area contributed by atoms with Crippen LogP contribution in [0.5, 0.6) is 0 Å². The van der Waals surface area contributed by atoms with E-state index in [9.17, 15) is 0 Å². The van der Waals surface area contributed by atoms with Crippen LogP contribution in [0.3, 0.4) is 0 Å². The summed E-state index contributed by atoms with van der Waals surface area (Å²) in [4.78, 5) is 2.35. The van der Waals surface area contributed by atoms with E-state index in [0.29, 0.717) is 0 Å². The number of para-hydroxylation sites is 1. The molecule has 10 rings (SSSR count). The summed E-state index contributed by atoms with van der Waals surface area (Å²) in [5, 5.41) is 2.20. The Bertz CT molecular complexity index is 2700. The van der Waals surface area contributed by atoms with Gasteiger partial charge in [-0.15, -0.1) is 0 Å². The number of hydrogen-bond acceptors (Lipinski definition) is 2. The molecule has 2 heteroatoms. The minimum atomic E-state index is 0.859. The number of allylic oxidation sites excluding steroid dienone is 1. The quantitative estimate of drug-likeness (QED) is 0.165. The second-order valence-corrected chi connectivity index (χ2v) is 14.0. The second kappa shape index (κ2) is 13.6. The first-order chi connectivity index (χ1) is 26.8.